The number of halogens is 1. The Balaban J connectivity index is 2.72. The third-order valence-electron chi connectivity index (χ3n) is 3.60. The van der Waals surface area contributed by atoms with E-state index in [0.29, 0.717) is 17.1 Å². The third kappa shape index (κ3) is 3.24. The lowest BCUT2D eigenvalue weighted by Crippen LogP contribution is -2.25. The van der Waals surface area contributed by atoms with Gasteiger partial charge in [0.15, 0.2) is 0 Å². The van der Waals surface area contributed by atoms with Crippen LogP contribution in [0, 0.1) is 11.3 Å². The highest BCUT2D eigenvalue weighted by Gasteiger charge is 2.37. The fourth-order valence-electron chi connectivity index (χ4n) is 2.60. The number of benzene rings is 1. The zero-order valence-corrected chi connectivity index (χ0v) is 15.1. The monoisotopic (exact) mass is 392 g/mol. The zero-order valence-electron chi connectivity index (χ0n) is 13.6. The van der Waals surface area contributed by atoms with Gasteiger partial charge in [0.2, 0.25) is 5.88 Å². The Bertz CT molecular complexity index is 777. The minimum atomic E-state index is -0.727. The van der Waals surface area contributed by atoms with Crippen molar-refractivity contribution in [1.82, 2.24) is 0 Å². The average Bonchev–Trinajstić information content (AvgIpc) is 2.54. The maximum atomic E-state index is 12.5. The Kier molecular flexibility index (Phi) is 5.52. The SMILES string of the molecule is CCOC(=O)C1=C(C)OC(N)=C(C#N)[C@H]1c1cc(Br)ccc1OC. The first kappa shape index (κ1) is 17.9. The second kappa shape index (κ2) is 7.41. The summed E-state index contributed by atoms with van der Waals surface area (Å²) >= 11 is 3.40. The van der Waals surface area contributed by atoms with E-state index in [0.717, 1.165) is 4.47 Å². The van der Waals surface area contributed by atoms with E-state index in [9.17, 15) is 10.1 Å². The molecular weight excluding hydrogens is 376 g/mol. The Hall–Kier alpha value is -2.46. The van der Waals surface area contributed by atoms with Crippen molar-refractivity contribution in [2.75, 3.05) is 13.7 Å². The number of methoxy groups -OCH3 is 1. The van der Waals surface area contributed by atoms with Gasteiger partial charge in [0.1, 0.15) is 23.2 Å². The van der Waals surface area contributed by atoms with Crippen LogP contribution in [0.3, 0.4) is 0 Å². The Morgan fingerprint density at radius 1 is 1.50 bits per heavy atom. The summed E-state index contributed by atoms with van der Waals surface area (Å²) < 4.78 is 16.7. The number of carbonyl (C=O) groups excluding carboxylic acids is 1. The van der Waals surface area contributed by atoms with Gasteiger partial charge in [0.05, 0.1) is 25.2 Å². The van der Waals surface area contributed by atoms with Crippen LogP contribution in [0.1, 0.15) is 25.3 Å². The first-order valence-corrected chi connectivity index (χ1v) is 8.02. The highest BCUT2D eigenvalue weighted by atomic mass is 79.9. The molecule has 0 saturated carbocycles. The molecule has 1 aliphatic rings. The lowest BCUT2D eigenvalue weighted by Gasteiger charge is -2.27. The molecule has 1 aromatic rings. The molecule has 0 amide bonds. The number of rotatable bonds is 4. The van der Waals surface area contributed by atoms with E-state index in [1.54, 1.807) is 32.0 Å². The van der Waals surface area contributed by atoms with Crippen molar-refractivity contribution in [2.24, 2.45) is 5.73 Å². The first-order valence-electron chi connectivity index (χ1n) is 7.23. The van der Waals surface area contributed by atoms with Crippen LogP contribution in [0.2, 0.25) is 0 Å². The maximum absolute atomic E-state index is 12.5. The number of nitrogens with two attached hydrogens (primary N) is 1. The summed E-state index contributed by atoms with van der Waals surface area (Å²) in [5.41, 5.74) is 6.87. The molecule has 7 heteroatoms. The molecule has 2 rings (SSSR count). The molecule has 1 aliphatic heterocycles. The van der Waals surface area contributed by atoms with Crippen LogP contribution in [0.15, 0.2) is 45.5 Å². The van der Waals surface area contributed by atoms with Gasteiger partial charge in [-0.1, -0.05) is 15.9 Å². The summed E-state index contributed by atoms with van der Waals surface area (Å²) in [5, 5.41) is 9.55. The lowest BCUT2D eigenvalue weighted by atomic mass is 9.82. The van der Waals surface area contributed by atoms with E-state index in [1.807, 2.05) is 6.07 Å². The van der Waals surface area contributed by atoms with Gasteiger partial charge in [-0.05, 0) is 32.0 Å². The van der Waals surface area contributed by atoms with Gasteiger partial charge in [0, 0.05) is 10.0 Å². The molecular formula is C17H17BrN2O4. The number of hydrogen-bond acceptors (Lipinski definition) is 6. The van der Waals surface area contributed by atoms with Crippen molar-refractivity contribution in [3.63, 3.8) is 0 Å². The summed E-state index contributed by atoms with van der Waals surface area (Å²) in [7, 11) is 1.52. The first-order chi connectivity index (χ1) is 11.4. The van der Waals surface area contributed by atoms with Gasteiger partial charge in [0.25, 0.3) is 0 Å². The van der Waals surface area contributed by atoms with Crippen molar-refractivity contribution < 1.29 is 19.0 Å². The van der Waals surface area contributed by atoms with Crippen LogP contribution in [0.4, 0.5) is 0 Å². The summed E-state index contributed by atoms with van der Waals surface area (Å²) in [6.45, 7) is 3.53. The van der Waals surface area contributed by atoms with Crippen LogP contribution in [0.5, 0.6) is 5.75 Å². The van der Waals surface area contributed by atoms with E-state index < -0.39 is 11.9 Å². The van der Waals surface area contributed by atoms with Crippen LogP contribution in [-0.4, -0.2) is 19.7 Å². The number of carbonyl (C=O) groups is 1. The zero-order chi connectivity index (χ0) is 17.9. The Morgan fingerprint density at radius 2 is 2.21 bits per heavy atom. The molecule has 1 aromatic carbocycles. The molecule has 126 valence electrons. The van der Waals surface area contributed by atoms with Crippen molar-refractivity contribution >= 4 is 21.9 Å². The standard InChI is InChI=1S/C17H17BrN2O4/c1-4-23-17(21)14-9(2)24-16(20)12(8-19)15(14)11-7-10(18)5-6-13(11)22-3/h5-7,15H,4,20H2,1-3H3/t15-/m1/s1. The summed E-state index contributed by atoms with van der Waals surface area (Å²) in [6.07, 6.45) is 0. The van der Waals surface area contributed by atoms with E-state index in [4.69, 9.17) is 19.9 Å². The van der Waals surface area contributed by atoms with Crippen molar-refractivity contribution in [1.29, 1.82) is 5.26 Å². The smallest absolute Gasteiger partial charge is 0.338 e. The van der Waals surface area contributed by atoms with Crippen LogP contribution in [-0.2, 0) is 14.3 Å². The van der Waals surface area contributed by atoms with E-state index in [2.05, 4.69) is 15.9 Å². The van der Waals surface area contributed by atoms with Crippen molar-refractivity contribution in [3.8, 4) is 11.8 Å². The molecule has 0 radical (unpaired) electrons. The van der Waals surface area contributed by atoms with Gasteiger partial charge in [-0.15, -0.1) is 0 Å². The van der Waals surface area contributed by atoms with Gasteiger partial charge in [-0.25, -0.2) is 4.79 Å². The van der Waals surface area contributed by atoms with Gasteiger partial charge < -0.3 is 19.9 Å². The predicted molar refractivity (Wildman–Crippen MR) is 90.7 cm³/mol. The van der Waals surface area contributed by atoms with Crippen molar-refractivity contribution in [3.05, 3.63) is 51.0 Å². The molecule has 0 unspecified atom stereocenters. The van der Waals surface area contributed by atoms with Crippen LogP contribution in [0.25, 0.3) is 0 Å². The summed E-state index contributed by atoms with van der Waals surface area (Å²) in [4.78, 5) is 12.5. The normalized spacial score (nSPS) is 17.2. The number of esters is 1. The van der Waals surface area contributed by atoms with E-state index in [-0.39, 0.29) is 23.6 Å². The van der Waals surface area contributed by atoms with E-state index >= 15 is 0 Å². The Labute approximate surface area is 148 Å². The maximum Gasteiger partial charge on any atom is 0.338 e. The molecule has 2 N–H and O–H groups in total. The van der Waals surface area contributed by atoms with Gasteiger partial charge in [-0.3, -0.25) is 0 Å². The largest absolute Gasteiger partial charge is 0.496 e. The molecule has 1 heterocycles. The predicted octanol–water partition coefficient (Wildman–Crippen LogP) is 3.10. The third-order valence-corrected chi connectivity index (χ3v) is 4.10. The second-order valence-electron chi connectivity index (χ2n) is 5.00. The Morgan fingerprint density at radius 3 is 2.79 bits per heavy atom. The molecule has 6 nitrogen and oxygen atoms in total. The molecule has 0 saturated heterocycles. The quantitative estimate of drug-likeness (QED) is 0.790. The minimum Gasteiger partial charge on any atom is -0.496 e. The fraction of sp³-hybridized carbons (Fsp3) is 0.294. The van der Waals surface area contributed by atoms with Gasteiger partial charge >= 0.3 is 5.97 Å². The summed E-state index contributed by atoms with van der Waals surface area (Å²) in [5.74, 6) is -0.482. The fourth-order valence-corrected chi connectivity index (χ4v) is 2.98. The number of ether oxygens (including phenoxy) is 3. The highest BCUT2D eigenvalue weighted by Crippen LogP contribution is 2.43. The minimum absolute atomic E-state index is 0.0323. The molecule has 1 atom stereocenters. The van der Waals surface area contributed by atoms with Gasteiger partial charge in [-0.2, -0.15) is 5.26 Å². The summed E-state index contributed by atoms with van der Waals surface area (Å²) in [6, 6.07) is 7.38. The van der Waals surface area contributed by atoms with Crippen LogP contribution < -0.4 is 10.5 Å². The average molecular weight is 393 g/mol. The lowest BCUT2D eigenvalue weighted by molar-refractivity contribution is -0.139. The molecule has 0 aromatic heterocycles. The number of allylic oxidation sites excluding steroid dienone is 2. The molecule has 0 bridgehead atoms. The number of hydrogen-bond donors (Lipinski definition) is 1. The van der Waals surface area contributed by atoms with Crippen LogP contribution >= 0.6 is 15.9 Å². The number of nitriles is 1. The number of nitrogens with zero attached hydrogens (tertiary/aromatic N) is 1. The van der Waals surface area contributed by atoms with Crippen molar-refractivity contribution in [2.45, 2.75) is 19.8 Å². The second-order valence-corrected chi connectivity index (χ2v) is 5.92. The highest BCUT2D eigenvalue weighted by molar-refractivity contribution is 9.10. The van der Waals surface area contributed by atoms with E-state index in [1.165, 1.54) is 7.11 Å². The topological polar surface area (TPSA) is 94.6 Å². The molecule has 0 aliphatic carbocycles. The molecule has 0 spiro atoms. The molecule has 0 fully saturated rings. The molecule has 24 heavy (non-hydrogen) atoms.